The number of aromatic nitrogens is 4. The van der Waals surface area contributed by atoms with Crippen LogP contribution in [0.1, 0.15) is 6.04 Å². The fourth-order valence-corrected chi connectivity index (χ4v) is 5.42. The molecule has 31 heavy (non-hydrogen) atoms. The normalized spacial score (nSPS) is 26.3. The Morgan fingerprint density at radius 3 is 2.74 bits per heavy atom. The van der Waals surface area contributed by atoms with Gasteiger partial charge in [0.25, 0.3) is 5.19 Å². The Bertz CT molecular complexity index is 1050. The Balaban J connectivity index is 1.64. The highest BCUT2D eigenvalue weighted by Gasteiger charge is 2.47. The van der Waals surface area contributed by atoms with Gasteiger partial charge in [0.05, 0.1) is 22.8 Å². The van der Waals surface area contributed by atoms with E-state index in [1.165, 1.54) is 23.6 Å². The summed E-state index contributed by atoms with van der Waals surface area (Å²) < 4.78 is 13.1. The molecule has 3 heterocycles. The lowest BCUT2D eigenvalue weighted by molar-refractivity contribution is -0.186. The van der Waals surface area contributed by atoms with Crippen LogP contribution in [-0.2, 0) is 9.47 Å². The minimum Gasteiger partial charge on any atom is -0.486 e. The molecule has 0 amide bonds. The van der Waals surface area contributed by atoms with Gasteiger partial charge in [0.15, 0.2) is 0 Å². The summed E-state index contributed by atoms with van der Waals surface area (Å²) in [6.07, 6.45) is -1.02. The quantitative estimate of drug-likeness (QED) is 0.464. The Kier molecular flexibility index (Phi) is 7.04. The predicted octanol–water partition coefficient (Wildman–Crippen LogP) is 2.84. The van der Waals surface area contributed by atoms with Crippen molar-refractivity contribution in [2.45, 2.75) is 34.7 Å². The predicted molar refractivity (Wildman–Crippen MR) is 117 cm³/mol. The summed E-state index contributed by atoms with van der Waals surface area (Å²) in [4.78, 5) is 4.77. The molecule has 0 unspecified atom stereocenters. The Hall–Kier alpha value is -1.44. The van der Waals surface area contributed by atoms with E-state index < -0.39 is 36.4 Å². The lowest BCUT2D eigenvalue weighted by atomic mass is 9.97. The number of ether oxygens (including phenoxy) is 2. The van der Waals surface area contributed by atoms with E-state index in [-0.39, 0.29) is 5.19 Å². The van der Waals surface area contributed by atoms with Crippen LogP contribution < -0.4 is 0 Å². The summed E-state index contributed by atoms with van der Waals surface area (Å²) in [6.45, 7) is -0.395. The lowest BCUT2D eigenvalue weighted by Crippen LogP contribution is -2.55. The molecule has 166 valence electrons. The average molecular weight is 505 g/mol. The van der Waals surface area contributed by atoms with Crippen LogP contribution in [0.25, 0.3) is 11.4 Å². The number of halogens is 2. The van der Waals surface area contributed by atoms with Gasteiger partial charge in [-0.15, -0.1) is 5.10 Å². The third-order valence-corrected chi connectivity index (χ3v) is 7.33. The van der Waals surface area contributed by atoms with Crippen LogP contribution in [-0.4, -0.2) is 72.8 Å². The van der Waals surface area contributed by atoms with Gasteiger partial charge in [-0.05, 0) is 18.2 Å². The smallest absolute Gasteiger partial charge is 0.271 e. The van der Waals surface area contributed by atoms with Crippen molar-refractivity contribution >= 4 is 46.3 Å². The number of hydrogen-bond donors (Lipinski definition) is 3. The maximum absolute atomic E-state index is 10.9. The zero-order chi connectivity index (χ0) is 22.1. The van der Waals surface area contributed by atoms with E-state index >= 15 is 0 Å². The Labute approximate surface area is 195 Å². The summed E-state index contributed by atoms with van der Waals surface area (Å²) in [7, 11) is 1.51. The molecule has 0 radical (unpaired) electrons. The first-order valence-electron chi connectivity index (χ1n) is 9.07. The fraction of sp³-hybridized carbons (Fsp3) is 0.389. The zero-order valence-electron chi connectivity index (χ0n) is 16.0. The molecule has 0 bridgehead atoms. The maximum atomic E-state index is 10.9. The second kappa shape index (κ2) is 9.59. The fourth-order valence-electron chi connectivity index (χ4n) is 3.31. The van der Waals surface area contributed by atoms with Gasteiger partial charge in [-0.3, -0.25) is 0 Å². The molecule has 3 N–H and O–H groups in total. The molecule has 0 saturated carbocycles. The van der Waals surface area contributed by atoms with Gasteiger partial charge in [-0.2, -0.15) is 0 Å². The number of thiazole rings is 1. The van der Waals surface area contributed by atoms with Gasteiger partial charge in [0.2, 0.25) is 0 Å². The Morgan fingerprint density at radius 2 is 2.10 bits per heavy atom. The number of thioether (sulfide) groups is 1. The second-order valence-electron chi connectivity index (χ2n) is 6.70. The van der Waals surface area contributed by atoms with E-state index in [0.717, 1.165) is 16.2 Å². The van der Waals surface area contributed by atoms with E-state index in [4.69, 9.17) is 32.7 Å². The minimum absolute atomic E-state index is 0.0798. The third kappa shape index (κ3) is 4.69. The first-order valence-corrected chi connectivity index (χ1v) is 11.6. The molecule has 4 rings (SSSR count). The van der Waals surface area contributed by atoms with Gasteiger partial charge in [-0.1, -0.05) is 51.5 Å². The third-order valence-electron chi connectivity index (χ3n) is 4.81. The van der Waals surface area contributed by atoms with E-state index in [1.807, 2.05) is 0 Å². The summed E-state index contributed by atoms with van der Waals surface area (Å²) >= 11 is 14.5. The van der Waals surface area contributed by atoms with Crippen LogP contribution >= 0.6 is 46.3 Å². The number of methoxy groups -OCH3 is 1. The number of hydrogen-bond acceptors (Lipinski definition) is 10. The highest BCUT2D eigenvalue weighted by atomic mass is 35.5. The molecule has 1 fully saturated rings. The monoisotopic (exact) mass is 504 g/mol. The van der Waals surface area contributed by atoms with Crippen molar-refractivity contribution in [3.63, 3.8) is 0 Å². The van der Waals surface area contributed by atoms with Crippen molar-refractivity contribution in [1.82, 2.24) is 20.0 Å². The molecule has 0 aliphatic carbocycles. The van der Waals surface area contributed by atoms with Crippen molar-refractivity contribution < 1.29 is 24.8 Å². The highest BCUT2D eigenvalue weighted by Crippen LogP contribution is 2.40. The van der Waals surface area contributed by atoms with Gasteiger partial charge < -0.3 is 24.8 Å². The lowest BCUT2D eigenvalue weighted by Gasteiger charge is -2.43. The minimum atomic E-state index is -1.11. The molecule has 1 aliphatic rings. The molecular formula is C18H18Cl2N4O5S2. The van der Waals surface area contributed by atoms with Crippen molar-refractivity contribution in [2.24, 2.45) is 0 Å². The van der Waals surface area contributed by atoms with Crippen LogP contribution in [0.5, 0.6) is 5.19 Å². The average Bonchev–Trinajstić information content (AvgIpc) is 3.40. The topological polar surface area (TPSA) is 123 Å². The molecular weight excluding hydrogens is 487 g/mol. The second-order valence-corrected chi connectivity index (χ2v) is 9.52. The van der Waals surface area contributed by atoms with Gasteiger partial charge in [-0.25, -0.2) is 9.67 Å². The van der Waals surface area contributed by atoms with E-state index in [1.54, 1.807) is 29.8 Å². The van der Waals surface area contributed by atoms with E-state index in [0.29, 0.717) is 21.4 Å². The molecule has 9 nitrogen and oxygen atoms in total. The standard InChI is InChI=1S/C18H18Cl2N4O5S2/c1-28-16-14(24-5-11(22-23-24)12-7-30-18(27)21-12)15(26)13(6-25)29-17(16)31-8-2-3-9(19)10(20)4-8/h2-5,7,13-17,25-26H,6H2,1H3,(H,21,27)/t13-,14+,15+,16-,17-/m1/s1. The van der Waals surface area contributed by atoms with Gasteiger partial charge in [0, 0.05) is 17.4 Å². The van der Waals surface area contributed by atoms with Crippen molar-refractivity contribution in [3.8, 4) is 16.6 Å². The number of nitrogens with zero attached hydrogens (tertiary/aromatic N) is 4. The first-order chi connectivity index (χ1) is 14.9. The van der Waals surface area contributed by atoms with Crippen molar-refractivity contribution in [1.29, 1.82) is 0 Å². The SMILES string of the molecule is CO[C@@H]1[C@@H](n2cc(-c3csc(O)n3)nn2)[C@@H](O)[C@@H](CO)O[C@@H]1Sc1ccc(Cl)c(Cl)c1. The highest BCUT2D eigenvalue weighted by molar-refractivity contribution is 7.99. The summed E-state index contributed by atoms with van der Waals surface area (Å²) in [5.74, 6) is 0. The Morgan fingerprint density at radius 1 is 1.29 bits per heavy atom. The molecule has 0 spiro atoms. The molecule has 5 atom stereocenters. The number of rotatable bonds is 6. The van der Waals surface area contributed by atoms with Crippen LogP contribution in [0.3, 0.4) is 0 Å². The van der Waals surface area contributed by atoms with E-state index in [2.05, 4.69) is 15.3 Å². The van der Waals surface area contributed by atoms with E-state index in [9.17, 15) is 15.3 Å². The molecule has 2 aromatic heterocycles. The number of benzene rings is 1. The number of aliphatic hydroxyl groups excluding tert-OH is 2. The van der Waals surface area contributed by atoms with Crippen LogP contribution in [0.15, 0.2) is 34.7 Å². The number of aromatic hydroxyl groups is 1. The van der Waals surface area contributed by atoms with Gasteiger partial charge in [0.1, 0.15) is 41.2 Å². The van der Waals surface area contributed by atoms with Crippen LogP contribution in [0.4, 0.5) is 0 Å². The van der Waals surface area contributed by atoms with Crippen LogP contribution in [0.2, 0.25) is 10.0 Å². The summed E-state index contributed by atoms with van der Waals surface area (Å²) in [6, 6.07) is 4.48. The maximum Gasteiger partial charge on any atom is 0.271 e. The van der Waals surface area contributed by atoms with Crippen molar-refractivity contribution in [3.05, 3.63) is 39.8 Å². The van der Waals surface area contributed by atoms with Crippen molar-refractivity contribution in [2.75, 3.05) is 13.7 Å². The van der Waals surface area contributed by atoms with Crippen LogP contribution in [0, 0.1) is 0 Å². The first kappa shape index (κ1) is 22.7. The molecule has 1 saturated heterocycles. The summed E-state index contributed by atoms with van der Waals surface area (Å²) in [5, 5.41) is 40.8. The zero-order valence-corrected chi connectivity index (χ0v) is 19.1. The molecule has 1 aromatic carbocycles. The molecule has 3 aromatic rings. The molecule has 1 aliphatic heterocycles. The largest absolute Gasteiger partial charge is 0.486 e. The molecule has 13 heteroatoms. The summed E-state index contributed by atoms with van der Waals surface area (Å²) in [5.41, 5.74) is 0.299. The number of aliphatic hydroxyl groups is 2. The van der Waals surface area contributed by atoms with Gasteiger partial charge >= 0.3 is 0 Å².